The average molecular weight is 182 g/mol. The van der Waals surface area contributed by atoms with Gasteiger partial charge >= 0.3 is 0 Å². The summed E-state index contributed by atoms with van der Waals surface area (Å²) in [5.41, 5.74) is 1.25. The Labute approximate surface area is 76.2 Å². The Hall–Kier alpha value is -0.500. The summed E-state index contributed by atoms with van der Waals surface area (Å²) in [6, 6.07) is 6.86. The van der Waals surface area contributed by atoms with E-state index < -0.39 is 0 Å². The van der Waals surface area contributed by atoms with E-state index in [0.29, 0.717) is 0 Å². The van der Waals surface area contributed by atoms with E-state index in [0.717, 1.165) is 0 Å². The Morgan fingerprint density at radius 2 is 1.92 bits per heavy atom. The third-order valence-electron chi connectivity index (χ3n) is 2.45. The van der Waals surface area contributed by atoms with Crippen molar-refractivity contribution in [3.63, 3.8) is 0 Å². The van der Waals surface area contributed by atoms with Gasteiger partial charge in [-0.3, -0.25) is 0 Å². The summed E-state index contributed by atoms with van der Waals surface area (Å²) >= 11 is 1.94. The van der Waals surface area contributed by atoms with Crippen LogP contribution >= 0.6 is 11.8 Å². The zero-order valence-corrected chi connectivity index (χ0v) is 7.83. The lowest BCUT2D eigenvalue weighted by atomic mass is 9.96. The van der Waals surface area contributed by atoms with Crippen molar-refractivity contribution in [1.29, 1.82) is 0 Å². The van der Waals surface area contributed by atoms with Crippen LogP contribution in [0.25, 0.3) is 0 Å². The van der Waals surface area contributed by atoms with Crippen LogP contribution in [0.1, 0.15) is 18.9 Å². The van der Waals surface area contributed by atoms with E-state index in [1.165, 1.54) is 17.7 Å². The van der Waals surface area contributed by atoms with Crippen LogP contribution in [-0.4, -0.2) is 5.75 Å². The molecule has 2 rings (SSSR count). The van der Waals surface area contributed by atoms with Gasteiger partial charge in [0.25, 0.3) is 0 Å². The average Bonchev–Trinajstić information content (AvgIpc) is 2.02. The number of rotatable bonds is 1. The molecular formula is C10H11FS. The largest absolute Gasteiger partial charge is 0.207 e. The molecule has 0 aromatic heterocycles. The predicted molar refractivity (Wildman–Crippen MR) is 50.8 cm³/mol. The van der Waals surface area contributed by atoms with E-state index >= 15 is 0 Å². The zero-order chi connectivity index (χ0) is 8.60. The lowest BCUT2D eigenvalue weighted by molar-refractivity contribution is 0.609. The van der Waals surface area contributed by atoms with Gasteiger partial charge in [-0.2, -0.15) is 11.8 Å². The van der Waals surface area contributed by atoms with Crippen LogP contribution in [0.15, 0.2) is 24.3 Å². The monoisotopic (exact) mass is 182 g/mol. The molecule has 0 nitrogen and oxygen atoms in total. The lowest BCUT2D eigenvalue weighted by Crippen LogP contribution is -2.27. The van der Waals surface area contributed by atoms with Crippen molar-refractivity contribution in [3.8, 4) is 0 Å². The van der Waals surface area contributed by atoms with Gasteiger partial charge < -0.3 is 0 Å². The molecule has 1 aliphatic heterocycles. The van der Waals surface area contributed by atoms with Crippen molar-refractivity contribution < 1.29 is 4.39 Å². The molecule has 1 unspecified atom stereocenters. The van der Waals surface area contributed by atoms with Gasteiger partial charge in [-0.05, 0) is 36.8 Å². The Bertz CT molecular complexity index is 274. The fourth-order valence-electron chi connectivity index (χ4n) is 1.44. The fraction of sp³-hybridized carbons (Fsp3) is 0.400. The van der Waals surface area contributed by atoms with Crippen LogP contribution in [0.5, 0.6) is 0 Å². The maximum atomic E-state index is 12.6. The van der Waals surface area contributed by atoms with Crippen LogP contribution in [0.3, 0.4) is 0 Å². The highest BCUT2D eigenvalue weighted by Gasteiger charge is 2.34. The highest BCUT2D eigenvalue weighted by atomic mass is 32.2. The van der Waals surface area contributed by atoms with E-state index in [-0.39, 0.29) is 10.6 Å². The van der Waals surface area contributed by atoms with Crippen molar-refractivity contribution in [3.05, 3.63) is 35.6 Å². The molecule has 2 heteroatoms. The van der Waals surface area contributed by atoms with Crippen molar-refractivity contribution in [2.24, 2.45) is 0 Å². The Balaban J connectivity index is 2.28. The summed E-state index contributed by atoms with van der Waals surface area (Å²) in [6.45, 7) is 2.22. The quantitative estimate of drug-likeness (QED) is 0.642. The molecule has 0 aliphatic carbocycles. The topological polar surface area (TPSA) is 0 Å². The second-order valence-corrected chi connectivity index (χ2v) is 4.93. The van der Waals surface area contributed by atoms with Crippen LogP contribution in [0, 0.1) is 5.82 Å². The van der Waals surface area contributed by atoms with Gasteiger partial charge in [0.1, 0.15) is 5.82 Å². The molecule has 0 radical (unpaired) electrons. The maximum Gasteiger partial charge on any atom is 0.123 e. The van der Waals surface area contributed by atoms with Crippen LogP contribution in [0.4, 0.5) is 4.39 Å². The minimum atomic E-state index is -0.147. The van der Waals surface area contributed by atoms with Gasteiger partial charge in [0.15, 0.2) is 0 Å². The Morgan fingerprint density at radius 1 is 1.33 bits per heavy atom. The second kappa shape index (κ2) is 2.77. The molecule has 1 saturated heterocycles. The molecule has 12 heavy (non-hydrogen) atoms. The summed E-state index contributed by atoms with van der Waals surface area (Å²) in [6.07, 6.45) is 1.21. The van der Waals surface area contributed by atoms with E-state index in [9.17, 15) is 4.39 Å². The summed E-state index contributed by atoms with van der Waals surface area (Å²) < 4.78 is 12.8. The maximum absolute atomic E-state index is 12.6. The molecule has 0 saturated carbocycles. The number of hydrogen-bond donors (Lipinski definition) is 0. The number of thioether (sulfide) groups is 1. The molecule has 0 bridgehead atoms. The van der Waals surface area contributed by atoms with Gasteiger partial charge in [0.05, 0.1) is 0 Å². The molecule has 1 aromatic carbocycles. The number of hydrogen-bond acceptors (Lipinski definition) is 1. The number of benzene rings is 1. The highest BCUT2D eigenvalue weighted by molar-refractivity contribution is 8.01. The minimum Gasteiger partial charge on any atom is -0.207 e. The van der Waals surface area contributed by atoms with Crippen molar-refractivity contribution in [2.45, 2.75) is 18.1 Å². The predicted octanol–water partition coefficient (Wildman–Crippen LogP) is 3.18. The van der Waals surface area contributed by atoms with E-state index in [1.807, 2.05) is 23.9 Å². The molecule has 64 valence electrons. The first kappa shape index (κ1) is 8.11. The molecule has 1 aromatic rings. The van der Waals surface area contributed by atoms with Crippen LogP contribution < -0.4 is 0 Å². The third-order valence-corrected chi connectivity index (χ3v) is 3.94. The van der Waals surface area contributed by atoms with Crippen molar-refractivity contribution in [2.75, 3.05) is 5.75 Å². The smallest absolute Gasteiger partial charge is 0.123 e. The van der Waals surface area contributed by atoms with Crippen molar-refractivity contribution in [1.82, 2.24) is 0 Å². The van der Waals surface area contributed by atoms with Crippen molar-refractivity contribution >= 4 is 11.8 Å². The lowest BCUT2D eigenvalue weighted by Gasteiger charge is -2.38. The standard InChI is InChI=1S/C10H11FS/c1-10(6-7-12-10)8-2-4-9(11)5-3-8/h2-5H,6-7H2,1H3. The molecular weight excluding hydrogens is 171 g/mol. The fourth-order valence-corrected chi connectivity index (χ4v) is 2.56. The SMILES string of the molecule is CC1(c2ccc(F)cc2)CCS1. The van der Waals surface area contributed by atoms with E-state index in [4.69, 9.17) is 0 Å². The first-order valence-corrected chi connectivity index (χ1v) is 5.09. The molecule has 0 N–H and O–H groups in total. The van der Waals surface area contributed by atoms with Gasteiger partial charge in [0.2, 0.25) is 0 Å². The normalized spacial score (nSPS) is 28.2. The van der Waals surface area contributed by atoms with E-state index in [2.05, 4.69) is 6.92 Å². The molecule has 0 amide bonds. The highest BCUT2D eigenvalue weighted by Crippen LogP contribution is 2.48. The van der Waals surface area contributed by atoms with E-state index in [1.54, 1.807) is 12.1 Å². The second-order valence-electron chi connectivity index (χ2n) is 3.34. The molecule has 1 atom stereocenters. The first-order valence-electron chi connectivity index (χ1n) is 4.11. The summed E-state index contributed by atoms with van der Waals surface area (Å²) in [5, 5.41) is 0. The summed E-state index contributed by atoms with van der Waals surface area (Å²) in [4.78, 5) is 0. The van der Waals surface area contributed by atoms with Gasteiger partial charge in [-0.25, -0.2) is 4.39 Å². The summed E-state index contributed by atoms with van der Waals surface area (Å²) in [7, 11) is 0. The van der Waals surface area contributed by atoms with Crippen LogP contribution in [-0.2, 0) is 4.75 Å². The minimum absolute atomic E-state index is 0.147. The Morgan fingerprint density at radius 3 is 2.33 bits per heavy atom. The molecule has 1 heterocycles. The molecule has 1 fully saturated rings. The Kier molecular flexibility index (Phi) is 1.87. The molecule has 1 aliphatic rings. The molecule has 0 spiro atoms. The van der Waals surface area contributed by atoms with Gasteiger partial charge in [0, 0.05) is 4.75 Å². The summed E-state index contributed by atoms with van der Waals surface area (Å²) in [5.74, 6) is 1.08. The van der Waals surface area contributed by atoms with Gasteiger partial charge in [-0.15, -0.1) is 0 Å². The first-order chi connectivity index (χ1) is 5.71. The third kappa shape index (κ3) is 1.24. The zero-order valence-electron chi connectivity index (χ0n) is 7.01. The number of halogens is 1. The van der Waals surface area contributed by atoms with Gasteiger partial charge in [-0.1, -0.05) is 12.1 Å². The van der Waals surface area contributed by atoms with Crippen LogP contribution in [0.2, 0.25) is 0 Å².